The fourth-order valence-corrected chi connectivity index (χ4v) is 4.59. The second-order valence-corrected chi connectivity index (χ2v) is 8.24. The maximum Gasteiger partial charge on any atom is 0.271 e. The number of β-amino-alcohol motifs (C(OH)–C–C–N with tert-alkyl or cyclic N) is 1. The van der Waals surface area contributed by atoms with E-state index in [0.29, 0.717) is 6.54 Å². The van der Waals surface area contributed by atoms with E-state index in [1.54, 1.807) is 0 Å². The van der Waals surface area contributed by atoms with Crippen LogP contribution in [0.2, 0.25) is 0 Å². The molecule has 0 saturated carbocycles. The third-order valence-corrected chi connectivity index (χ3v) is 6.23. The third kappa shape index (κ3) is 2.82. The van der Waals surface area contributed by atoms with E-state index >= 15 is 0 Å². The molecule has 1 unspecified atom stereocenters. The first-order valence-corrected chi connectivity index (χ1v) is 10.2. The predicted molar refractivity (Wildman–Crippen MR) is 107 cm³/mol. The number of ether oxygens (including phenoxy) is 2. The summed E-state index contributed by atoms with van der Waals surface area (Å²) < 4.78 is 14.2. The smallest absolute Gasteiger partial charge is 0.271 e. The highest BCUT2D eigenvalue weighted by Gasteiger charge is 2.52. The van der Waals surface area contributed by atoms with E-state index in [0.717, 1.165) is 53.0 Å². The first kappa shape index (κ1) is 17.1. The normalized spacial score (nSPS) is 24.1. The van der Waals surface area contributed by atoms with Crippen molar-refractivity contribution in [3.63, 3.8) is 0 Å². The van der Waals surface area contributed by atoms with Crippen LogP contribution in [0.4, 0.5) is 5.69 Å². The van der Waals surface area contributed by atoms with Crippen LogP contribution in [0.25, 0.3) is 0 Å². The number of fused-ring (bicyclic) bond motifs is 1. The number of amidine groups is 1. The van der Waals surface area contributed by atoms with Gasteiger partial charge in [-0.3, -0.25) is 0 Å². The molecule has 140 valence electrons. The van der Waals surface area contributed by atoms with E-state index in [1.807, 2.05) is 36.4 Å². The molecule has 0 aliphatic carbocycles. The Morgan fingerprint density at radius 1 is 1.00 bits per heavy atom. The molecule has 5 rings (SSSR count). The standard InChI is InChI=1S/C21H22BrN2O3/c22-16-7-5-15(6-8-16)21(25)13-23(20-4-2-1-3-11-24(20)21)17-9-10-18-19(12-17)27-14-26-18/h5-10,12,25H,1-4,11,13-14H2/q+1. The summed E-state index contributed by atoms with van der Waals surface area (Å²) >= 11 is 3.49. The number of anilines is 1. The van der Waals surface area contributed by atoms with Crippen molar-refractivity contribution in [2.45, 2.75) is 31.4 Å². The SMILES string of the molecule is OC1(c2ccc(Br)cc2)CN(c2ccc3c(c2)OCO3)C2=[N+]1CCCCC2. The van der Waals surface area contributed by atoms with Gasteiger partial charge in [-0.05, 0) is 43.5 Å². The number of aliphatic hydroxyl groups is 1. The first-order chi connectivity index (χ1) is 13.1. The van der Waals surface area contributed by atoms with E-state index in [1.165, 1.54) is 12.3 Å². The Balaban J connectivity index is 1.59. The van der Waals surface area contributed by atoms with Gasteiger partial charge in [0.2, 0.25) is 6.79 Å². The Bertz CT molecular complexity index is 912. The van der Waals surface area contributed by atoms with Crippen molar-refractivity contribution < 1.29 is 19.2 Å². The van der Waals surface area contributed by atoms with Crippen LogP contribution in [0.15, 0.2) is 46.9 Å². The Morgan fingerprint density at radius 3 is 2.67 bits per heavy atom. The summed E-state index contributed by atoms with van der Waals surface area (Å²) in [6.07, 6.45) is 4.39. The van der Waals surface area contributed by atoms with Crippen molar-refractivity contribution in [3.8, 4) is 11.5 Å². The molecule has 5 nitrogen and oxygen atoms in total. The van der Waals surface area contributed by atoms with Crippen LogP contribution in [0.1, 0.15) is 31.2 Å². The zero-order valence-corrected chi connectivity index (χ0v) is 16.6. The van der Waals surface area contributed by atoms with Gasteiger partial charge >= 0.3 is 0 Å². The van der Waals surface area contributed by atoms with Crippen molar-refractivity contribution in [2.75, 3.05) is 24.8 Å². The maximum absolute atomic E-state index is 11.8. The number of rotatable bonds is 2. The Morgan fingerprint density at radius 2 is 1.81 bits per heavy atom. The first-order valence-electron chi connectivity index (χ1n) is 9.44. The van der Waals surface area contributed by atoms with Gasteiger partial charge in [-0.1, -0.05) is 28.1 Å². The molecule has 0 bridgehead atoms. The summed E-state index contributed by atoms with van der Waals surface area (Å²) in [6.45, 7) is 1.64. The number of nitrogens with zero attached hydrogens (tertiary/aromatic N) is 2. The van der Waals surface area contributed by atoms with Crippen LogP contribution >= 0.6 is 15.9 Å². The number of hydrogen-bond donors (Lipinski definition) is 1. The molecule has 27 heavy (non-hydrogen) atoms. The summed E-state index contributed by atoms with van der Waals surface area (Å²) in [5.41, 5.74) is 0.930. The lowest BCUT2D eigenvalue weighted by Crippen LogP contribution is -2.41. The van der Waals surface area contributed by atoms with Gasteiger partial charge in [-0.2, -0.15) is 0 Å². The lowest BCUT2D eigenvalue weighted by Gasteiger charge is -2.23. The number of halogens is 1. The van der Waals surface area contributed by atoms with Gasteiger partial charge in [-0.15, -0.1) is 0 Å². The fraction of sp³-hybridized carbons (Fsp3) is 0.381. The van der Waals surface area contributed by atoms with Gasteiger partial charge in [0.05, 0.1) is 6.54 Å². The van der Waals surface area contributed by atoms with Gasteiger partial charge in [0.25, 0.3) is 11.6 Å². The molecule has 1 atom stereocenters. The summed E-state index contributed by atoms with van der Waals surface area (Å²) in [5, 5.41) is 11.8. The van der Waals surface area contributed by atoms with Crippen LogP contribution in [-0.2, 0) is 5.72 Å². The zero-order chi connectivity index (χ0) is 18.4. The van der Waals surface area contributed by atoms with Crippen molar-refractivity contribution in [3.05, 3.63) is 52.5 Å². The largest absolute Gasteiger partial charge is 0.454 e. The molecule has 1 N–H and O–H groups in total. The minimum Gasteiger partial charge on any atom is -0.454 e. The molecule has 3 aliphatic rings. The molecule has 0 fully saturated rings. The third-order valence-electron chi connectivity index (χ3n) is 5.70. The second-order valence-electron chi connectivity index (χ2n) is 7.33. The molecular formula is C21H22BrN2O3+. The van der Waals surface area contributed by atoms with Crippen LogP contribution in [0, 0.1) is 0 Å². The van der Waals surface area contributed by atoms with Crippen LogP contribution < -0.4 is 14.4 Å². The van der Waals surface area contributed by atoms with Crippen molar-refractivity contribution >= 4 is 27.5 Å². The Kier molecular flexibility index (Phi) is 4.13. The Labute approximate surface area is 167 Å². The van der Waals surface area contributed by atoms with Crippen LogP contribution in [-0.4, -0.2) is 35.4 Å². The topological polar surface area (TPSA) is 44.9 Å². The summed E-state index contributed by atoms with van der Waals surface area (Å²) in [5.74, 6) is 2.74. The van der Waals surface area contributed by atoms with E-state index in [2.05, 4.69) is 31.5 Å². The quantitative estimate of drug-likeness (QED) is 0.736. The molecule has 6 heteroatoms. The van der Waals surface area contributed by atoms with E-state index in [4.69, 9.17) is 9.47 Å². The van der Waals surface area contributed by atoms with Crippen LogP contribution in [0.5, 0.6) is 11.5 Å². The van der Waals surface area contributed by atoms with Crippen molar-refractivity contribution in [1.82, 2.24) is 0 Å². The predicted octanol–water partition coefficient (Wildman–Crippen LogP) is 3.83. The highest BCUT2D eigenvalue weighted by atomic mass is 79.9. The molecule has 3 aliphatic heterocycles. The van der Waals surface area contributed by atoms with Gasteiger partial charge in [0, 0.05) is 22.5 Å². The minimum atomic E-state index is -1.03. The molecule has 2 aromatic carbocycles. The molecule has 3 heterocycles. The van der Waals surface area contributed by atoms with Crippen LogP contribution in [0.3, 0.4) is 0 Å². The fourth-order valence-electron chi connectivity index (χ4n) is 4.33. The van der Waals surface area contributed by atoms with Gasteiger partial charge in [0.1, 0.15) is 5.69 Å². The van der Waals surface area contributed by atoms with Crippen molar-refractivity contribution in [2.24, 2.45) is 0 Å². The number of hydrogen-bond acceptors (Lipinski definition) is 4. The van der Waals surface area contributed by atoms with Gasteiger partial charge < -0.3 is 14.6 Å². The molecule has 0 saturated heterocycles. The number of benzene rings is 2. The second kappa shape index (κ2) is 6.53. The highest BCUT2D eigenvalue weighted by Crippen LogP contribution is 2.40. The molecule has 2 aromatic rings. The van der Waals surface area contributed by atoms with Gasteiger partial charge in [-0.25, -0.2) is 9.48 Å². The zero-order valence-electron chi connectivity index (χ0n) is 15.0. The monoisotopic (exact) mass is 429 g/mol. The van der Waals surface area contributed by atoms with E-state index in [-0.39, 0.29) is 6.79 Å². The van der Waals surface area contributed by atoms with E-state index in [9.17, 15) is 5.11 Å². The average molecular weight is 430 g/mol. The molecule has 0 radical (unpaired) electrons. The summed E-state index contributed by atoms with van der Waals surface area (Å²) in [6, 6.07) is 14.0. The molecular weight excluding hydrogens is 408 g/mol. The van der Waals surface area contributed by atoms with Gasteiger partial charge in [0.15, 0.2) is 18.0 Å². The molecule has 0 spiro atoms. The summed E-state index contributed by atoms with van der Waals surface area (Å²) in [7, 11) is 0. The van der Waals surface area contributed by atoms with Crippen molar-refractivity contribution in [1.29, 1.82) is 0 Å². The summed E-state index contributed by atoms with van der Waals surface area (Å²) in [4.78, 5) is 2.25. The lowest BCUT2D eigenvalue weighted by molar-refractivity contribution is -0.658. The lowest BCUT2D eigenvalue weighted by atomic mass is 10.0. The Hall–Kier alpha value is -2.05. The minimum absolute atomic E-state index is 0.268. The average Bonchev–Trinajstić information content (AvgIpc) is 3.15. The molecule has 0 amide bonds. The van der Waals surface area contributed by atoms with E-state index < -0.39 is 5.72 Å². The maximum atomic E-state index is 11.8. The molecule has 0 aromatic heterocycles. The highest BCUT2D eigenvalue weighted by molar-refractivity contribution is 9.10.